The van der Waals surface area contributed by atoms with Gasteiger partial charge in [-0.2, -0.15) is 0 Å². The Labute approximate surface area is 191 Å². The molecule has 1 aromatic carbocycles. The molecule has 2 aliphatic heterocycles. The minimum Gasteiger partial charge on any atom is -0.483 e. The van der Waals surface area contributed by atoms with Crippen LogP contribution in [0.2, 0.25) is 0 Å². The van der Waals surface area contributed by atoms with Crippen LogP contribution < -0.4 is 16.0 Å². The molecule has 0 radical (unpaired) electrons. The Hall–Kier alpha value is -2.26. The van der Waals surface area contributed by atoms with Crippen molar-refractivity contribution in [2.24, 2.45) is 5.92 Å². The summed E-state index contributed by atoms with van der Waals surface area (Å²) in [7, 11) is 2.03. The molecule has 1 aromatic heterocycles. The van der Waals surface area contributed by atoms with Gasteiger partial charge in [0.1, 0.15) is 0 Å². The van der Waals surface area contributed by atoms with Crippen molar-refractivity contribution in [3.63, 3.8) is 0 Å². The van der Waals surface area contributed by atoms with Gasteiger partial charge in [-0.1, -0.05) is 36.2 Å². The first-order valence-corrected chi connectivity index (χ1v) is 11.4. The fraction of sp³-hybridized carbons (Fsp3) is 0.583. The van der Waals surface area contributed by atoms with Gasteiger partial charge in [0.05, 0.1) is 12.3 Å². The minimum atomic E-state index is -0.250. The summed E-state index contributed by atoms with van der Waals surface area (Å²) >= 11 is 0. The number of benzene rings is 1. The number of aromatic nitrogens is 1. The Kier molecular flexibility index (Phi) is 15.9. The number of hydrogen-bond donors (Lipinski definition) is 5. The molecule has 2 aliphatic rings. The average molecular weight is 449 g/mol. The number of aliphatic hydroxyl groups excluding tert-OH is 1. The summed E-state index contributed by atoms with van der Waals surface area (Å²) in [5, 5.41) is 25.3. The monoisotopic (exact) mass is 448 g/mol. The van der Waals surface area contributed by atoms with Crippen LogP contribution in [0, 0.1) is 12.8 Å². The van der Waals surface area contributed by atoms with E-state index < -0.39 is 0 Å². The fourth-order valence-corrected chi connectivity index (χ4v) is 3.40. The molecular formula is C24H40N4O4. The Morgan fingerprint density at radius 3 is 2.41 bits per heavy atom. The maximum atomic E-state index is 8.67. The van der Waals surface area contributed by atoms with E-state index in [9.17, 15) is 0 Å². The summed E-state index contributed by atoms with van der Waals surface area (Å²) in [4.78, 5) is 12.2. The van der Waals surface area contributed by atoms with E-state index in [-0.39, 0.29) is 12.6 Å². The number of nitrogens with zero attached hydrogens (tertiary/aromatic N) is 1. The second kappa shape index (κ2) is 18.3. The molecule has 0 amide bonds. The number of carboxylic acid groups (broad SMARTS) is 1. The Balaban J connectivity index is 0.000000236. The third-order valence-corrected chi connectivity index (χ3v) is 5.25. The van der Waals surface area contributed by atoms with Crippen LogP contribution in [0.15, 0.2) is 41.3 Å². The zero-order valence-corrected chi connectivity index (χ0v) is 19.4. The lowest BCUT2D eigenvalue weighted by molar-refractivity contribution is -0.122. The van der Waals surface area contributed by atoms with Crippen LogP contribution in [0.25, 0.3) is 11.3 Å². The van der Waals surface area contributed by atoms with Crippen molar-refractivity contribution in [3.05, 3.63) is 42.4 Å². The Morgan fingerprint density at radius 1 is 1.16 bits per heavy atom. The van der Waals surface area contributed by atoms with Crippen molar-refractivity contribution in [2.75, 3.05) is 39.8 Å². The molecule has 2 atom stereocenters. The molecule has 0 saturated carbocycles. The highest BCUT2D eigenvalue weighted by molar-refractivity contribution is 5.56. The van der Waals surface area contributed by atoms with Crippen molar-refractivity contribution in [1.29, 1.82) is 0 Å². The van der Waals surface area contributed by atoms with E-state index in [1.807, 2.05) is 19.2 Å². The van der Waals surface area contributed by atoms with Gasteiger partial charge >= 0.3 is 0 Å². The maximum absolute atomic E-state index is 8.67. The van der Waals surface area contributed by atoms with Gasteiger partial charge in [-0.25, -0.2) is 4.98 Å². The molecule has 8 heteroatoms. The van der Waals surface area contributed by atoms with Gasteiger partial charge in [-0.3, -0.25) is 4.79 Å². The molecule has 3 heterocycles. The smallest absolute Gasteiger partial charge is 0.290 e. The van der Waals surface area contributed by atoms with Crippen LogP contribution in [-0.2, 0) is 4.79 Å². The van der Waals surface area contributed by atoms with Gasteiger partial charge in [0.2, 0.25) is 0 Å². The third kappa shape index (κ3) is 13.2. The quantitative estimate of drug-likeness (QED) is 0.453. The number of nitrogens with one attached hydrogen (secondary N) is 3. The number of hydrogen-bond acceptors (Lipinski definition) is 7. The molecule has 0 bridgehead atoms. The SMILES string of the molecule is CNCCC1CCCCNC1.Cc1ccc(-c2cnco2)cc1.O=CO.OC1CCNC1. The minimum absolute atomic E-state index is 0.0648. The number of rotatable bonds is 4. The number of aliphatic hydroxyl groups is 1. The second-order valence-corrected chi connectivity index (χ2v) is 7.94. The molecule has 2 unspecified atom stereocenters. The van der Waals surface area contributed by atoms with E-state index >= 15 is 0 Å². The van der Waals surface area contributed by atoms with Crippen LogP contribution in [0.1, 0.15) is 37.7 Å². The van der Waals surface area contributed by atoms with Gasteiger partial charge in [-0.05, 0) is 71.8 Å². The second-order valence-electron chi connectivity index (χ2n) is 7.94. The van der Waals surface area contributed by atoms with Crippen molar-refractivity contribution in [2.45, 2.75) is 45.1 Å². The fourth-order valence-electron chi connectivity index (χ4n) is 3.40. The van der Waals surface area contributed by atoms with Crippen molar-refractivity contribution in [1.82, 2.24) is 20.9 Å². The lowest BCUT2D eigenvalue weighted by Gasteiger charge is -2.12. The summed E-state index contributed by atoms with van der Waals surface area (Å²) in [6, 6.07) is 8.15. The van der Waals surface area contributed by atoms with E-state index in [2.05, 4.69) is 40.0 Å². The molecule has 4 rings (SSSR count). The van der Waals surface area contributed by atoms with Gasteiger partial charge in [0, 0.05) is 12.1 Å². The number of carbonyl (C=O) groups is 1. The molecule has 5 N–H and O–H groups in total. The van der Waals surface area contributed by atoms with E-state index in [0.717, 1.165) is 36.8 Å². The van der Waals surface area contributed by atoms with E-state index in [1.54, 1.807) is 6.20 Å². The summed E-state index contributed by atoms with van der Waals surface area (Å²) in [6.45, 7) is 7.23. The van der Waals surface area contributed by atoms with Crippen LogP contribution in [0.5, 0.6) is 0 Å². The summed E-state index contributed by atoms with van der Waals surface area (Å²) in [5.74, 6) is 1.74. The van der Waals surface area contributed by atoms with Gasteiger partial charge < -0.3 is 30.6 Å². The first-order valence-electron chi connectivity index (χ1n) is 11.4. The topological polar surface area (TPSA) is 120 Å². The highest BCUT2D eigenvalue weighted by Crippen LogP contribution is 2.18. The molecule has 2 aromatic rings. The lowest BCUT2D eigenvalue weighted by atomic mass is 10.00. The highest BCUT2D eigenvalue weighted by atomic mass is 16.3. The van der Waals surface area contributed by atoms with E-state index in [4.69, 9.17) is 19.4 Å². The van der Waals surface area contributed by atoms with E-state index in [1.165, 1.54) is 57.3 Å². The molecule has 8 nitrogen and oxygen atoms in total. The molecule has 0 aliphatic carbocycles. The van der Waals surface area contributed by atoms with Crippen LogP contribution >= 0.6 is 0 Å². The zero-order valence-electron chi connectivity index (χ0n) is 19.4. The molecular weight excluding hydrogens is 408 g/mol. The molecule has 180 valence electrons. The third-order valence-electron chi connectivity index (χ3n) is 5.25. The maximum Gasteiger partial charge on any atom is 0.290 e. The number of aryl methyl sites for hydroxylation is 1. The first-order chi connectivity index (χ1) is 15.6. The first kappa shape index (κ1) is 27.8. The lowest BCUT2D eigenvalue weighted by Crippen LogP contribution is -2.23. The Bertz CT molecular complexity index is 666. The Morgan fingerprint density at radius 2 is 1.88 bits per heavy atom. The zero-order chi connectivity index (χ0) is 23.4. The summed E-state index contributed by atoms with van der Waals surface area (Å²) < 4.78 is 5.15. The standard InChI is InChI=1S/C10H9NO.C9H20N2.C4H9NO.CH2O2/c1-8-2-4-9(5-3-8)10-6-11-7-12-10;1-10-7-5-9-4-2-3-6-11-8-9;6-4-1-2-5-3-4;2-1-3/h2-7H,1H3;9-11H,2-8H2,1H3;4-6H,1-3H2;1H,(H,2,3). The van der Waals surface area contributed by atoms with Crippen LogP contribution in [-0.4, -0.2) is 67.5 Å². The predicted molar refractivity (Wildman–Crippen MR) is 128 cm³/mol. The molecule has 2 saturated heterocycles. The van der Waals surface area contributed by atoms with Crippen molar-refractivity contribution in [3.8, 4) is 11.3 Å². The van der Waals surface area contributed by atoms with E-state index in [0.29, 0.717) is 0 Å². The molecule has 0 spiro atoms. The largest absolute Gasteiger partial charge is 0.483 e. The normalized spacial score (nSPS) is 19.7. The van der Waals surface area contributed by atoms with Crippen LogP contribution in [0.4, 0.5) is 0 Å². The van der Waals surface area contributed by atoms with Gasteiger partial charge in [0.25, 0.3) is 6.47 Å². The van der Waals surface area contributed by atoms with Crippen molar-refractivity contribution < 1.29 is 19.4 Å². The van der Waals surface area contributed by atoms with Gasteiger partial charge in [0.15, 0.2) is 12.2 Å². The van der Waals surface area contributed by atoms with Crippen LogP contribution in [0.3, 0.4) is 0 Å². The number of oxazole rings is 1. The molecule has 32 heavy (non-hydrogen) atoms. The molecule has 2 fully saturated rings. The summed E-state index contributed by atoms with van der Waals surface area (Å²) in [5.41, 5.74) is 2.32. The predicted octanol–water partition coefficient (Wildman–Crippen LogP) is 2.68. The summed E-state index contributed by atoms with van der Waals surface area (Å²) in [6.07, 6.45) is 9.57. The highest BCUT2D eigenvalue weighted by Gasteiger charge is 2.10. The average Bonchev–Trinajstić information content (AvgIpc) is 3.44. The number of β-amino-alcohol motifs (C(OH)–C–C–N with tert-alkyl or cyclic N) is 1. The van der Waals surface area contributed by atoms with Gasteiger partial charge in [-0.15, -0.1) is 0 Å². The van der Waals surface area contributed by atoms with Crippen molar-refractivity contribution >= 4 is 6.47 Å².